The molecule has 1 N–H and O–H groups in total. The summed E-state index contributed by atoms with van der Waals surface area (Å²) < 4.78 is 6.70. The van der Waals surface area contributed by atoms with Crippen molar-refractivity contribution in [3.05, 3.63) is 99.0 Å². The van der Waals surface area contributed by atoms with Crippen molar-refractivity contribution < 1.29 is 9.53 Å². The van der Waals surface area contributed by atoms with E-state index in [0.717, 1.165) is 15.6 Å². The average Bonchev–Trinajstić information content (AvgIpc) is 2.68. The Kier molecular flexibility index (Phi) is 6.63. The number of halogens is 2. The van der Waals surface area contributed by atoms with Crippen LogP contribution >= 0.6 is 27.5 Å². The molecule has 0 saturated heterocycles. The standard InChI is InChI=1S/C21H16BrClN2O2/c22-18-9-5-8-15(12-18)21(26)25-24-13-16-6-2-4-11-20(16)27-14-17-7-1-3-10-19(17)23/h1-13H,14H2,(H,25,26). The minimum absolute atomic E-state index is 0.290. The minimum atomic E-state index is -0.290. The van der Waals surface area contributed by atoms with Crippen molar-refractivity contribution in [2.45, 2.75) is 6.61 Å². The number of benzene rings is 3. The van der Waals surface area contributed by atoms with Crippen LogP contribution in [0.1, 0.15) is 21.5 Å². The van der Waals surface area contributed by atoms with Crippen LogP contribution in [0.2, 0.25) is 5.02 Å². The van der Waals surface area contributed by atoms with Gasteiger partial charge in [-0.2, -0.15) is 5.10 Å². The molecule has 27 heavy (non-hydrogen) atoms. The summed E-state index contributed by atoms with van der Waals surface area (Å²) in [6, 6.07) is 22.1. The zero-order valence-corrected chi connectivity index (χ0v) is 16.6. The Balaban J connectivity index is 1.66. The van der Waals surface area contributed by atoms with Gasteiger partial charge in [0.15, 0.2) is 0 Å². The van der Waals surface area contributed by atoms with E-state index >= 15 is 0 Å². The van der Waals surface area contributed by atoms with Gasteiger partial charge in [-0.05, 0) is 36.4 Å². The van der Waals surface area contributed by atoms with Crippen molar-refractivity contribution in [1.82, 2.24) is 5.43 Å². The van der Waals surface area contributed by atoms with E-state index in [4.69, 9.17) is 16.3 Å². The third-order valence-corrected chi connectivity index (χ3v) is 4.58. The number of nitrogens with zero attached hydrogens (tertiary/aromatic N) is 1. The van der Waals surface area contributed by atoms with Crippen LogP contribution in [0, 0.1) is 0 Å². The third-order valence-electron chi connectivity index (χ3n) is 3.72. The quantitative estimate of drug-likeness (QED) is 0.407. The Hall–Kier alpha value is -2.63. The number of hydrogen-bond donors (Lipinski definition) is 1. The van der Waals surface area contributed by atoms with E-state index < -0.39 is 0 Å². The van der Waals surface area contributed by atoms with E-state index in [1.807, 2.05) is 54.6 Å². The summed E-state index contributed by atoms with van der Waals surface area (Å²) in [7, 11) is 0. The number of carbonyl (C=O) groups excluding carboxylic acids is 1. The average molecular weight is 444 g/mol. The highest BCUT2D eigenvalue weighted by atomic mass is 79.9. The molecule has 0 aromatic heterocycles. The lowest BCUT2D eigenvalue weighted by atomic mass is 10.2. The molecule has 0 bridgehead atoms. The van der Waals surface area contributed by atoms with Crippen LogP contribution in [0.15, 0.2) is 82.4 Å². The van der Waals surface area contributed by atoms with Crippen LogP contribution in [-0.4, -0.2) is 12.1 Å². The molecule has 3 aromatic rings. The van der Waals surface area contributed by atoms with Gasteiger partial charge >= 0.3 is 0 Å². The lowest BCUT2D eigenvalue weighted by Crippen LogP contribution is -2.17. The molecule has 3 rings (SSSR count). The van der Waals surface area contributed by atoms with Gasteiger partial charge in [0.1, 0.15) is 12.4 Å². The Labute approximate surface area is 171 Å². The molecule has 0 saturated carbocycles. The van der Waals surface area contributed by atoms with Gasteiger partial charge in [-0.25, -0.2) is 5.43 Å². The van der Waals surface area contributed by atoms with E-state index in [0.29, 0.717) is 22.9 Å². The van der Waals surface area contributed by atoms with Crippen molar-refractivity contribution >= 4 is 39.7 Å². The Bertz CT molecular complexity index is 976. The Morgan fingerprint density at radius 3 is 2.67 bits per heavy atom. The molecule has 0 spiro atoms. The second-order valence-electron chi connectivity index (χ2n) is 5.63. The maximum absolute atomic E-state index is 12.1. The first kappa shape index (κ1) is 19.1. The summed E-state index contributed by atoms with van der Waals surface area (Å²) in [6.07, 6.45) is 1.55. The molecule has 136 valence electrons. The second-order valence-corrected chi connectivity index (χ2v) is 6.95. The van der Waals surface area contributed by atoms with Gasteiger partial charge in [0, 0.05) is 26.2 Å². The van der Waals surface area contributed by atoms with Crippen molar-refractivity contribution in [3.63, 3.8) is 0 Å². The fourth-order valence-electron chi connectivity index (χ4n) is 2.34. The van der Waals surface area contributed by atoms with Crippen LogP contribution in [0.4, 0.5) is 0 Å². The molecule has 0 fully saturated rings. The van der Waals surface area contributed by atoms with E-state index in [2.05, 4.69) is 26.5 Å². The fourth-order valence-corrected chi connectivity index (χ4v) is 2.93. The maximum atomic E-state index is 12.1. The number of amides is 1. The van der Waals surface area contributed by atoms with Gasteiger partial charge in [0.05, 0.1) is 6.21 Å². The zero-order chi connectivity index (χ0) is 19.1. The molecule has 0 atom stereocenters. The number of hydrazone groups is 1. The predicted octanol–water partition coefficient (Wildman–Crippen LogP) is 5.45. The predicted molar refractivity (Wildman–Crippen MR) is 111 cm³/mol. The minimum Gasteiger partial charge on any atom is -0.488 e. The van der Waals surface area contributed by atoms with Crippen LogP contribution in [-0.2, 0) is 6.61 Å². The van der Waals surface area contributed by atoms with Gasteiger partial charge in [-0.15, -0.1) is 0 Å². The number of para-hydroxylation sites is 1. The first-order chi connectivity index (χ1) is 13.1. The number of nitrogens with one attached hydrogen (secondary N) is 1. The Morgan fingerprint density at radius 1 is 1.07 bits per heavy atom. The molecule has 1 amide bonds. The molecule has 0 aliphatic heterocycles. The van der Waals surface area contributed by atoms with Crippen LogP contribution in [0.5, 0.6) is 5.75 Å². The van der Waals surface area contributed by atoms with Crippen LogP contribution in [0.25, 0.3) is 0 Å². The van der Waals surface area contributed by atoms with E-state index in [9.17, 15) is 4.79 Å². The summed E-state index contributed by atoms with van der Waals surface area (Å²) >= 11 is 9.50. The zero-order valence-electron chi connectivity index (χ0n) is 14.2. The molecule has 0 aliphatic rings. The van der Waals surface area contributed by atoms with Gasteiger partial charge in [-0.3, -0.25) is 4.79 Å². The smallest absolute Gasteiger partial charge is 0.271 e. The van der Waals surface area contributed by atoms with Crippen LogP contribution < -0.4 is 10.2 Å². The second kappa shape index (κ2) is 9.35. The number of hydrogen-bond acceptors (Lipinski definition) is 3. The molecule has 0 radical (unpaired) electrons. The summed E-state index contributed by atoms with van der Waals surface area (Å²) in [5, 5.41) is 4.69. The number of carbonyl (C=O) groups is 1. The normalized spacial score (nSPS) is 10.7. The highest BCUT2D eigenvalue weighted by molar-refractivity contribution is 9.10. The summed E-state index contributed by atoms with van der Waals surface area (Å²) in [6.45, 7) is 0.342. The van der Waals surface area contributed by atoms with Crippen molar-refractivity contribution in [2.24, 2.45) is 5.10 Å². The summed E-state index contributed by atoms with van der Waals surface area (Å²) in [5.41, 5.74) is 4.68. The van der Waals surface area contributed by atoms with Gasteiger partial charge < -0.3 is 4.74 Å². The molecular weight excluding hydrogens is 428 g/mol. The van der Waals surface area contributed by atoms with Crippen LogP contribution in [0.3, 0.4) is 0 Å². The monoisotopic (exact) mass is 442 g/mol. The molecule has 6 heteroatoms. The first-order valence-corrected chi connectivity index (χ1v) is 9.35. The lowest BCUT2D eigenvalue weighted by Gasteiger charge is -2.10. The van der Waals surface area contributed by atoms with Crippen molar-refractivity contribution in [2.75, 3.05) is 0 Å². The lowest BCUT2D eigenvalue weighted by molar-refractivity contribution is 0.0955. The first-order valence-electron chi connectivity index (χ1n) is 8.17. The highest BCUT2D eigenvalue weighted by Gasteiger charge is 2.06. The molecule has 0 heterocycles. The molecule has 0 aliphatic carbocycles. The van der Waals surface area contributed by atoms with Gasteiger partial charge in [-0.1, -0.05) is 63.9 Å². The topological polar surface area (TPSA) is 50.7 Å². The molecule has 0 unspecified atom stereocenters. The molecule has 4 nitrogen and oxygen atoms in total. The molecule has 3 aromatic carbocycles. The highest BCUT2D eigenvalue weighted by Crippen LogP contribution is 2.21. The van der Waals surface area contributed by atoms with E-state index in [-0.39, 0.29) is 5.91 Å². The number of rotatable bonds is 6. The van der Waals surface area contributed by atoms with E-state index in [1.165, 1.54) is 0 Å². The summed E-state index contributed by atoms with van der Waals surface area (Å²) in [5.74, 6) is 0.361. The molecular formula is C21H16BrClN2O2. The van der Waals surface area contributed by atoms with Gasteiger partial charge in [0.2, 0.25) is 0 Å². The Morgan fingerprint density at radius 2 is 1.85 bits per heavy atom. The van der Waals surface area contributed by atoms with Gasteiger partial charge in [0.25, 0.3) is 5.91 Å². The van der Waals surface area contributed by atoms with Crippen molar-refractivity contribution in [1.29, 1.82) is 0 Å². The SMILES string of the molecule is O=C(NN=Cc1ccccc1OCc1ccccc1Cl)c1cccc(Br)c1. The largest absolute Gasteiger partial charge is 0.488 e. The third kappa shape index (κ3) is 5.42. The van der Waals surface area contributed by atoms with Crippen molar-refractivity contribution in [3.8, 4) is 5.75 Å². The van der Waals surface area contributed by atoms with E-state index in [1.54, 1.807) is 24.4 Å². The summed E-state index contributed by atoms with van der Waals surface area (Å²) in [4.78, 5) is 12.1. The maximum Gasteiger partial charge on any atom is 0.271 e. The number of ether oxygens (including phenoxy) is 1. The fraction of sp³-hybridized carbons (Fsp3) is 0.0476.